The fourth-order valence-corrected chi connectivity index (χ4v) is 0.525. The lowest BCUT2D eigenvalue weighted by Gasteiger charge is -1.90. The summed E-state index contributed by atoms with van der Waals surface area (Å²) in [6, 6.07) is 0. The molecule has 0 bridgehead atoms. The molecule has 1 atom stereocenters. The Morgan fingerprint density at radius 3 is 2.50 bits per heavy atom. The summed E-state index contributed by atoms with van der Waals surface area (Å²) >= 11 is 0. The third kappa shape index (κ3) is 7.40. The van der Waals surface area contributed by atoms with Gasteiger partial charge in [0.2, 0.25) is 0 Å². The highest BCUT2D eigenvalue weighted by atomic mass is 16.3. The molecule has 0 aliphatic carbocycles. The molecule has 10 heavy (non-hydrogen) atoms. The molecule has 0 aliphatic heterocycles. The Hall–Kier alpha value is -0.600. The molecule has 0 amide bonds. The van der Waals surface area contributed by atoms with Gasteiger partial charge in [-0.25, -0.2) is 0 Å². The molecule has 0 spiro atoms. The van der Waals surface area contributed by atoms with E-state index in [9.17, 15) is 0 Å². The Labute approximate surface area is 61.5 Å². The molecular weight excluding hydrogens is 128 g/mol. The molecule has 1 unspecified atom stereocenters. The highest BCUT2D eigenvalue weighted by Gasteiger charge is 1.81. The van der Waals surface area contributed by atoms with Gasteiger partial charge in [-0.05, 0) is 13.3 Å². The molecule has 0 saturated carbocycles. The zero-order valence-corrected chi connectivity index (χ0v) is 6.20. The molecule has 0 fully saturated rings. The number of aliphatic hydroxyl groups is 2. The SMILES string of the molecule is CC(O)/C=C/C/C=C/CO. The van der Waals surface area contributed by atoms with E-state index in [1.165, 1.54) is 0 Å². The summed E-state index contributed by atoms with van der Waals surface area (Å²) in [6.07, 6.45) is 7.48. The summed E-state index contributed by atoms with van der Waals surface area (Å²) < 4.78 is 0. The average Bonchev–Trinajstić information content (AvgIpc) is 1.87. The summed E-state index contributed by atoms with van der Waals surface area (Å²) in [5.74, 6) is 0. The van der Waals surface area contributed by atoms with Crippen LogP contribution in [0.2, 0.25) is 0 Å². The van der Waals surface area contributed by atoms with E-state index in [0.29, 0.717) is 0 Å². The van der Waals surface area contributed by atoms with Gasteiger partial charge in [0.25, 0.3) is 0 Å². The molecule has 0 aromatic rings. The Kier molecular flexibility index (Phi) is 6.13. The number of allylic oxidation sites excluding steroid dienone is 2. The summed E-state index contributed by atoms with van der Waals surface area (Å²) in [4.78, 5) is 0. The predicted molar refractivity (Wildman–Crippen MR) is 41.7 cm³/mol. The van der Waals surface area contributed by atoms with Crippen LogP contribution in [0.25, 0.3) is 0 Å². The second-order valence-corrected chi connectivity index (χ2v) is 2.06. The minimum Gasteiger partial charge on any atom is -0.392 e. The number of hydrogen-bond acceptors (Lipinski definition) is 2. The first kappa shape index (κ1) is 9.40. The molecule has 2 nitrogen and oxygen atoms in total. The highest BCUT2D eigenvalue weighted by molar-refractivity contribution is 4.94. The summed E-state index contributed by atoms with van der Waals surface area (Å²) in [6.45, 7) is 1.79. The van der Waals surface area contributed by atoms with Crippen LogP contribution in [0.1, 0.15) is 13.3 Å². The molecule has 0 radical (unpaired) electrons. The Bertz CT molecular complexity index is 114. The van der Waals surface area contributed by atoms with Crippen molar-refractivity contribution in [2.75, 3.05) is 6.61 Å². The van der Waals surface area contributed by atoms with Crippen LogP contribution in [0.4, 0.5) is 0 Å². The van der Waals surface area contributed by atoms with Crippen molar-refractivity contribution in [3.8, 4) is 0 Å². The van der Waals surface area contributed by atoms with Gasteiger partial charge in [0, 0.05) is 0 Å². The van der Waals surface area contributed by atoms with Gasteiger partial charge in [-0.2, -0.15) is 0 Å². The quantitative estimate of drug-likeness (QED) is 0.571. The van der Waals surface area contributed by atoms with Crippen molar-refractivity contribution < 1.29 is 10.2 Å². The van der Waals surface area contributed by atoms with Gasteiger partial charge in [0.1, 0.15) is 0 Å². The highest BCUT2D eigenvalue weighted by Crippen LogP contribution is 1.88. The first-order valence-corrected chi connectivity index (χ1v) is 3.38. The predicted octanol–water partition coefficient (Wildman–Crippen LogP) is 0.862. The molecule has 2 heteroatoms. The molecular formula is C8H14O2. The van der Waals surface area contributed by atoms with E-state index < -0.39 is 0 Å². The largest absolute Gasteiger partial charge is 0.392 e. The van der Waals surface area contributed by atoms with Crippen molar-refractivity contribution in [2.24, 2.45) is 0 Å². The first-order valence-electron chi connectivity index (χ1n) is 3.38. The van der Waals surface area contributed by atoms with E-state index in [1.54, 1.807) is 19.1 Å². The Balaban J connectivity index is 3.26. The van der Waals surface area contributed by atoms with Crippen LogP contribution in [0.15, 0.2) is 24.3 Å². The van der Waals surface area contributed by atoms with Crippen molar-refractivity contribution in [1.29, 1.82) is 0 Å². The van der Waals surface area contributed by atoms with Gasteiger partial charge in [0.05, 0.1) is 12.7 Å². The zero-order valence-electron chi connectivity index (χ0n) is 6.20. The minimum absolute atomic E-state index is 0.0858. The summed E-state index contributed by atoms with van der Waals surface area (Å²) in [5, 5.41) is 17.1. The van der Waals surface area contributed by atoms with Gasteiger partial charge in [-0.15, -0.1) is 0 Å². The maximum Gasteiger partial charge on any atom is 0.0692 e. The van der Waals surface area contributed by atoms with Crippen LogP contribution in [0, 0.1) is 0 Å². The first-order chi connectivity index (χ1) is 4.77. The van der Waals surface area contributed by atoms with Crippen molar-refractivity contribution in [3.05, 3.63) is 24.3 Å². The van der Waals surface area contributed by atoms with Crippen molar-refractivity contribution in [3.63, 3.8) is 0 Å². The molecule has 2 N–H and O–H groups in total. The van der Waals surface area contributed by atoms with Crippen LogP contribution < -0.4 is 0 Å². The van der Waals surface area contributed by atoms with Crippen molar-refractivity contribution >= 4 is 0 Å². The number of rotatable bonds is 4. The smallest absolute Gasteiger partial charge is 0.0692 e. The Morgan fingerprint density at radius 1 is 1.30 bits per heavy atom. The zero-order chi connectivity index (χ0) is 7.82. The minimum atomic E-state index is -0.373. The van der Waals surface area contributed by atoms with Gasteiger partial charge < -0.3 is 10.2 Å². The van der Waals surface area contributed by atoms with Gasteiger partial charge in [-0.1, -0.05) is 24.3 Å². The average molecular weight is 142 g/mol. The standard InChI is InChI=1S/C8H14O2/c1-8(10)6-4-2-3-5-7-9/h3-6,8-10H,2,7H2,1H3/b5-3+,6-4+. The maximum atomic E-state index is 8.75. The lowest BCUT2D eigenvalue weighted by atomic mass is 10.3. The van der Waals surface area contributed by atoms with Crippen LogP contribution in [-0.4, -0.2) is 22.9 Å². The second kappa shape index (κ2) is 6.52. The van der Waals surface area contributed by atoms with Crippen LogP contribution >= 0.6 is 0 Å². The van der Waals surface area contributed by atoms with Crippen LogP contribution in [-0.2, 0) is 0 Å². The number of hydrogen-bond donors (Lipinski definition) is 2. The molecule has 0 aliphatic rings. The molecule has 0 saturated heterocycles. The lowest BCUT2D eigenvalue weighted by Crippen LogP contribution is -1.90. The van der Waals surface area contributed by atoms with Gasteiger partial charge in [0.15, 0.2) is 0 Å². The lowest BCUT2D eigenvalue weighted by molar-refractivity contribution is 0.244. The number of aliphatic hydroxyl groups excluding tert-OH is 2. The van der Waals surface area contributed by atoms with E-state index >= 15 is 0 Å². The summed E-state index contributed by atoms with van der Waals surface area (Å²) in [5.41, 5.74) is 0. The molecule has 0 rings (SSSR count). The van der Waals surface area contributed by atoms with E-state index in [2.05, 4.69) is 0 Å². The Morgan fingerprint density at radius 2 is 2.00 bits per heavy atom. The third-order valence-corrected chi connectivity index (χ3v) is 0.959. The van der Waals surface area contributed by atoms with Gasteiger partial charge in [-0.3, -0.25) is 0 Å². The van der Waals surface area contributed by atoms with Crippen molar-refractivity contribution in [1.82, 2.24) is 0 Å². The second-order valence-electron chi connectivity index (χ2n) is 2.06. The fourth-order valence-electron chi connectivity index (χ4n) is 0.525. The monoisotopic (exact) mass is 142 g/mol. The fraction of sp³-hybridized carbons (Fsp3) is 0.500. The molecule has 0 heterocycles. The van der Waals surface area contributed by atoms with E-state index in [1.807, 2.05) is 12.2 Å². The molecule has 0 aromatic heterocycles. The maximum absolute atomic E-state index is 8.75. The normalized spacial score (nSPS) is 15.1. The topological polar surface area (TPSA) is 40.5 Å². The van der Waals surface area contributed by atoms with Gasteiger partial charge >= 0.3 is 0 Å². The third-order valence-electron chi connectivity index (χ3n) is 0.959. The molecule has 0 aromatic carbocycles. The van der Waals surface area contributed by atoms with E-state index in [-0.39, 0.29) is 12.7 Å². The molecule has 58 valence electrons. The van der Waals surface area contributed by atoms with Crippen molar-refractivity contribution in [2.45, 2.75) is 19.4 Å². The summed E-state index contributed by atoms with van der Waals surface area (Å²) in [7, 11) is 0. The van der Waals surface area contributed by atoms with Crippen LogP contribution in [0.5, 0.6) is 0 Å². The van der Waals surface area contributed by atoms with E-state index in [4.69, 9.17) is 10.2 Å². The van der Waals surface area contributed by atoms with Crippen LogP contribution in [0.3, 0.4) is 0 Å². The van der Waals surface area contributed by atoms with E-state index in [0.717, 1.165) is 6.42 Å².